The Labute approximate surface area is 182 Å². The van der Waals surface area contributed by atoms with Gasteiger partial charge in [0.2, 0.25) is 6.41 Å². The van der Waals surface area contributed by atoms with E-state index in [4.69, 9.17) is 0 Å². The Morgan fingerprint density at radius 1 is 0.938 bits per heavy atom. The van der Waals surface area contributed by atoms with E-state index in [9.17, 15) is 22.8 Å². The van der Waals surface area contributed by atoms with Crippen molar-refractivity contribution in [3.63, 3.8) is 0 Å². The molecule has 0 unspecified atom stereocenters. The SMILES string of the molecule is O=CNc1cccc(N2CCN(C(=O)c3cc(C(F)(F)F)nn3-c3ccccc3)CC2)c1. The number of piperazine rings is 1. The summed E-state index contributed by atoms with van der Waals surface area (Å²) in [7, 11) is 0. The van der Waals surface area contributed by atoms with Crippen molar-refractivity contribution in [1.82, 2.24) is 14.7 Å². The van der Waals surface area contributed by atoms with E-state index >= 15 is 0 Å². The van der Waals surface area contributed by atoms with Crippen LogP contribution in [0.15, 0.2) is 60.7 Å². The number of carbonyl (C=O) groups is 2. The van der Waals surface area contributed by atoms with Crippen LogP contribution in [0.1, 0.15) is 16.2 Å². The highest BCUT2D eigenvalue weighted by atomic mass is 19.4. The molecule has 1 N–H and O–H groups in total. The van der Waals surface area contributed by atoms with Gasteiger partial charge >= 0.3 is 6.18 Å². The van der Waals surface area contributed by atoms with Gasteiger partial charge in [-0.25, -0.2) is 4.68 Å². The molecule has 2 aromatic carbocycles. The average molecular weight is 443 g/mol. The largest absolute Gasteiger partial charge is 0.435 e. The van der Waals surface area contributed by atoms with Crippen LogP contribution < -0.4 is 10.2 Å². The van der Waals surface area contributed by atoms with Crippen molar-refractivity contribution >= 4 is 23.7 Å². The Hall–Kier alpha value is -3.82. The molecule has 0 spiro atoms. The Morgan fingerprint density at radius 2 is 1.62 bits per heavy atom. The van der Waals surface area contributed by atoms with E-state index in [-0.39, 0.29) is 5.69 Å². The molecule has 0 aliphatic carbocycles. The van der Waals surface area contributed by atoms with Crippen LogP contribution in [0.25, 0.3) is 5.69 Å². The van der Waals surface area contributed by atoms with E-state index in [2.05, 4.69) is 15.3 Å². The Kier molecular flexibility index (Phi) is 5.85. The zero-order valence-corrected chi connectivity index (χ0v) is 16.9. The molecular weight excluding hydrogens is 423 g/mol. The molecule has 2 amide bonds. The first-order chi connectivity index (χ1) is 15.4. The highest BCUT2D eigenvalue weighted by Crippen LogP contribution is 2.30. The maximum atomic E-state index is 13.3. The number of para-hydroxylation sites is 1. The van der Waals surface area contributed by atoms with E-state index in [1.807, 2.05) is 18.2 Å². The minimum atomic E-state index is -4.66. The monoisotopic (exact) mass is 443 g/mol. The fourth-order valence-corrected chi connectivity index (χ4v) is 3.63. The molecule has 2 heterocycles. The van der Waals surface area contributed by atoms with Gasteiger partial charge in [-0.1, -0.05) is 24.3 Å². The minimum absolute atomic E-state index is 0.130. The van der Waals surface area contributed by atoms with Crippen molar-refractivity contribution < 1.29 is 22.8 Å². The molecule has 1 saturated heterocycles. The van der Waals surface area contributed by atoms with E-state index in [1.54, 1.807) is 36.4 Å². The molecule has 4 rings (SSSR count). The third kappa shape index (κ3) is 4.43. The highest BCUT2D eigenvalue weighted by Gasteiger charge is 2.37. The molecule has 1 aliphatic rings. The maximum Gasteiger partial charge on any atom is 0.435 e. The molecule has 0 saturated carbocycles. The number of anilines is 2. The van der Waals surface area contributed by atoms with Gasteiger partial charge < -0.3 is 15.1 Å². The van der Waals surface area contributed by atoms with Gasteiger partial charge in [0, 0.05) is 43.6 Å². The minimum Gasteiger partial charge on any atom is -0.368 e. The summed E-state index contributed by atoms with van der Waals surface area (Å²) in [5.74, 6) is -0.507. The summed E-state index contributed by atoms with van der Waals surface area (Å²) in [4.78, 5) is 27.4. The number of alkyl halides is 3. The smallest absolute Gasteiger partial charge is 0.368 e. The van der Waals surface area contributed by atoms with Crippen molar-refractivity contribution in [2.24, 2.45) is 0 Å². The van der Waals surface area contributed by atoms with Crippen LogP contribution in [0.4, 0.5) is 24.5 Å². The second-order valence-electron chi connectivity index (χ2n) is 7.25. The first kappa shape index (κ1) is 21.4. The number of nitrogens with one attached hydrogen (secondary N) is 1. The molecule has 0 atom stereocenters. The molecule has 1 aromatic heterocycles. The number of benzene rings is 2. The second-order valence-corrected chi connectivity index (χ2v) is 7.25. The Balaban J connectivity index is 1.54. The van der Waals surface area contributed by atoms with E-state index in [0.717, 1.165) is 16.4 Å². The molecule has 10 heteroatoms. The summed E-state index contributed by atoms with van der Waals surface area (Å²) in [5, 5.41) is 6.25. The molecule has 1 fully saturated rings. The van der Waals surface area contributed by atoms with Crippen LogP contribution >= 0.6 is 0 Å². The van der Waals surface area contributed by atoms with Gasteiger partial charge in [-0.3, -0.25) is 9.59 Å². The number of aromatic nitrogens is 2. The highest BCUT2D eigenvalue weighted by molar-refractivity contribution is 5.93. The third-order valence-corrected chi connectivity index (χ3v) is 5.22. The topological polar surface area (TPSA) is 70.5 Å². The fraction of sp³-hybridized carbons (Fsp3) is 0.227. The molecule has 3 aromatic rings. The number of hydrogen-bond acceptors (Lipinski definition) is 4. The van der Waals surface area contributed by atoms with Gasteiger partial charge in [0.25, 0.3) is 5.91 Å². The Bertz CT molecular complexity index is 1110. The summed E-state index contributed by atoms with van der Waals surface area (Å²) in [6, 6.07) is 16.4. The number of halogens is 3. The summed E-state index contributed by atoms with van der Waals surface area (Å²) in [6.07, 6.45) is -4.06. The quantitative estimate of drug-likeness (QED) is 0.614. The van der Waals surface area contributed by atoms with Crippen LogP contribution in [-0.2, 0) is 11.0 Å². The summed E-state index contributed by atoms with van der Waals surface area (Å²) in [5.41, 5.74) is 0.682. The number of hydrogen-bond donors (Lipinski definition) is 1. The predicted molar refractivity (Wildman–Crippen MR) is 113 cm³/mol. The van der Waals surface area contributed by atoms with Crippen molar-refractivity contribution in [2.75, 3.05) is 36.4 Å². The van der Waals surface area contributed by atoms with E-state index in [1.165, 1.54) is 4.90 Å². The molecule has 7 nitrogen and oxygen atoms in total. The molecule has 32 heavy (non-hydrogen) atoms. The number of rotatable bonds is 5. The number of carbonyl (C=O) groups excluding carboxylic acids is 2. The lowest BCUT2D eigenvalue weighted by Gasteiger charge is -2.36. The summed E-state index contributed by atoms with van der Waals surface area (Å²) in [6.45, 7) is 1.68. The fourth-order valence-electron chi connectivity index (χ4n) is 3.63. The number of amides is 2. The summed E-state index contributed by atoms with van der Waals surface area (Å²) >= 11 is 0. The Morgan fingerprint density at radius 3 is 2.28 bits per heavy atom. The van der Waals surface area contributed by atoms with Gasteiger partial charge in [0.1, 0.15) is 5.69 Å². The predicted octanol–water partition coefficient (Wildman–Crippen LogP) is 3.42. The van der Waals surface area contributed by atoms with Crippen LogP contribution in [0, 0.1) is 0 Å². The van der Waals surface area contributed by atoms with E-state index in [0.29, 0.717) is 44.0 Å². The van der Waals surface area contributed by atoms with Crippen LogP contribution in [0.3, 0.4) is 0 Å². The average Bonchev–Trinajstić information content (AvgIpc) is 3.26. The van der Waals surface area contributed by atoms with Gasteiger partial charge in [-0.05, 0) is 30.3 Å². The molecular formula is C22H20F3N5O2. The van der Waals surface area contributed by atoms with Gasteiger partial charge in [-0.15, -0.1) is 0 Å². The van der Waals surface area contributed by atoms with Crippen molar-refractivity contribution in [3.05, 3.63) is 72.1 Å². The summed E-state index contributed by atoms with van der Waals surface area (Å²) < 4.78 is 40.9. The molecule has 0 bridgehead atoms. The van der Waals surface area contributed by atoms with Crippen molar-refractivity contribution in [2.45, 2.75) is 6.18 Å². The van der Waals surface area contributed by atoms with Crippen LogP contribution in [0.5, 0.6) is 0 Å². The normalized spacial score (nSPS) is 14.3. The molecule has 0 radical (unpaired) electrons. The molecule has 166 valence electrons. The van der Waals surface area contributed by atoms with Crippen molar-refractivity contribution in [3.8, 4) is 5.69 Å². The van der Waals surface area contributed by atoms with Crippen LogP contribution in [0.2, 0.25) is 0 Å². The van der Waals surface area contributed by atoms with Gasteiger partial charge in [0.15, 0.2) is 5.69 Å². The zero-order valence-electron chi connectivity index (χ0n) is 16.9. The van der Waals surface area contributed by atoms with Gasteiger partial charge in [0.05, 0.1) is 5.69 Å². The third-order valence-electron chi connectivity index (χ3n) is 5.22. The molecule has 1 aliphatic heterocycles. The van der Waals surface area contributed by atoms with Crippen LogP contribution in [-0.4, -0.2) is 53.2 Å². The zero-order chi connectivity index (χ0) is 22.7. The lowest BCUT2D eigenvalue weighted by Crippen LogP contribution is -2.49. The lowest BCUT2D eigenvalue weighted by molar-refractivity contribution is -0.141. The van der Waals surface area contributed by atoms with E-state index < -0.39 is 17.8 Å². The first-order valence-corrected chi connectivity index (χ1v) is 9.94. The standard InChI is InChI=1S/C22H20F3N5O2/c23-22(24,25)20-14-19(30(27-20)17-6-2-1-3-7-17)21(32)29-11-9-28(10-12-29)18-8-4-5-16(13-18)26-15-31/h1-8,13-15H,9-12H2,(H,26,31). The van der Waals surface area contributed by atoms with Crippen molar-refractivity contribution in [1.29, 1.82) is 0 Å². The lowest BCUT2D eigenvalue weighted by atomic mass is 10.2. The first-order valence-electron chi connectivity index (χ1n) is 9.94. The van der Waals surface area contributed by atoms with Gasteiger partial charge in [-0.2, -0.15) is 18.3 Å². The maximum absolute atomic E-state index is 13.3. The second kappa shape index (κ2) is 8.74. The number of nitrogens with zero attached hydrogens (tertiary/aromatic N) is 4.